The lowest BCUT2D eigenvalue weighted by Gasteiger charge is -2.10. The summed E-state index contributed by atoms with van der Waals surface area (Å²) >= 11 is 8.06. The van der Waals surface area contributed by atoms with Crippen LogP contribution in [0.25, 0.3) is 0 Å². The molecular formula is C12H11Br2N3OS. The Hall–Kier alpha value is -0.920. The number of thiazole rings is 1. The van der Waals surface area contributed by atoms with Crippen molar-refractivity contribution in [1.82, 2.24) is 4.98 Å². The first-order valence-corrected chi connectivity index (χ1v) is 7.78. The highest BCUT2D eigenvalue weighted by Crippen LogP contribution is 2.33. The first-order valence-electron chi connectivity index (χ1n) is 5.38. The SMILES string of the molecule is Cc1cc(Br)c(NC(=O)c2sc(N)nc2C)c(Br)c1. The summed E-state index contributed by atoms with van der Waals surface area (Å²) in [5.41, 5.74) is 8.03. The van der Waals surface area contributed by atoms with Crippen molar-refractivity contribution in [2.45, 2.75) is 13.8 Å². The third-order valence-electron chi connectivity index (χ3n) is 2.44. The molecule has 0 bridgehead atoms. The number of amides is 1. The summed E-state index contributed by atoms with van der Waals surface area (Å²) in [5.74, 6) is -0.211. The zero-order valence-electron chi connectivity index (χ0n) is 10.3. The van der Waals surface area contributed by atoms with E-state index >= 15 is 0 Å². The van der Waals surface area contributed by atoms with E-state index < -0.39 is 0 Å². The number of anilines is 2. The van der Waals surface area contributed by atoms with Gasteiger partial charge in [0.1, 0.15) is 4.88 Å². The van der Waals surface area contributed by atoms with E-state index in [9.17, 15) is 4.79 Å². The molecule has 7 heteroatoms. The molecule has 2 rings (SSSR count). The molecule has 0 spiro atoms. The van der Waals surface area contributed by atoms with Gasteiger partial charge in [-0.05, 0) is 63.4 Å². The van der Waals surface area contributed by atoms with E-state index in [1.54, 1.807) is 6.92 Å². The van der Waals surface area contributed by atoms with Gasteiger partial charge < -0.3 is 11.1 Å². The summed E-state index contributed by atoms with van der Waals surface area (Å²) in [6, 6.07) is 3.88. The van der Waals surface area contributed by atoms with Crippen LogP contribution in [-0.4, -0.2) is 10.9 Å². The van der Waals surface area contributed by atoms with Crippen molar-refractivity contribution in [3.63, 3.8) is 0 Å². The smallest absolute Gasteiger partial charge is 0.267 e. The largest absolute Gasteiger partial charge is 0.375 e. The average molecular weight is 405 g/mol. The van der Waals surface area contributed by atoms with Crippen LogP contribution in [0.4, 0.5) is 10.8 Å². The van der Waals surface area contributed by atoms with Gasteiger partial charge in [0.2, 0.25) is 0 Å². The maximum absolute atomic E-state index is 12.2. The van der Waals surface area contributed by atoms with Crippen molar-refractivity contribution >= 4 is 59.9 Å². The second-order valence-electron chi connectivity index (χ2n) is 4.02. The quantitative estimate of drug-likeness (QED) is 0.790. The van der Waals surface area contributed by atoms with Crippen molar-refractivity contribution in [1.29, 1.82) is 0 Å². The number of hydrogen-bond acceptors (Lipinski definition) is 4. The molecule has 4 nitrogen and oxygen atoms in total. The van der Waals surface area contributed by atoms with Crippen LogP contribution in [0.5, 0.6) is 0 Å². The van der Waals surface area contributed by atoms with Gasteiger partial charge >= 0.3 is 0 Å². The third-order valence-corrected chi connectivity index (χ3v) is 4.68. The number of nitrogens with one attached hydrogen (secondary N) is 1. The molecule has 0 saturated carbocycles. The number of nitrogen functional groups attached to an aromatic ring is 1. The second kappa shape index (κ2) is 5.60. The maximum atomic E-state index is 12.2. The molecule has 100 valence electrons. The minimum Gasteiger partial charge on any atom is -0.375 e. The van der Waals surface area contributed by atoms with Gasteiger partial charge in [-0.3, -0.25) is 4.79 Å². The number of benzene rings is 1. The predicted molar refractivity (Wildman–Crippen MR) is 85.8 cm³/mol. The van der Waals surface area contributed by atoms with Gasteiger partial charge in [0.15, 0.2) is 5.13 Å². The Morgan fingerprint density at radius 1 is 1.32 bits per heavy atom. The average Bonchev–Trinajstić information content (AvgIpc) is 2.62. The third kappa shape index (κ3) is 3.16. The maximum Gasteiger partial charge on any atom is 0.267 e. The van der Waals surface area contributed by atoms with E-state index in [-0.39, 0.29) is 5.91 Å². The Kier molecular flexibility index (Phi) is 4.27. The molecule has 1 amide bonds. The molecule has 19 heavy (non-hydrogen) atoms. The summed E-state index contributed by atoms with van der Waals surface area (Å²) in [5, 5.41) is 3.25. The molecule has 0 atom stereocenters. The summed E-state index contributed by atoms with van der Waals surface area (Å²) in [6.07, 6.45) is 0. The number of halogens is 2. The fourth-order valence-electron chi connectivity index (χ4n) is 1.62. The van der Waals surface area contributed by atoms with Crippen LogP contribution in [0.3, 0.4) is 0 Å². The van der Waals surface area contributed by atoms with Gasteiger partial charge in [-0.2, -0.15) is 0 Å². The van der Waals surface area contributed by atoms with E-state index in [4.69, 9.17) is 5.73 Å². The van der Waals surface area contributed by atoms with Gasteiger partial charge in [0, 0.05) is 8.95 Å². The van der Waals surface area contributed by atoms with Gasteiger partial charge in [-0.1, -0.05) is 11.3 Å². The normalized spacial score (nSPS) is 10.5. The van der Waals surface area contributed by atoms with E-state index in [0.29, 0.717) is 21.4 Å². The number of aryl methyl sites for hydroxylation is 2. The summed E-state index contributed by atoms with van der Waals surface area (Å²) in [6.45, 7) is 3.75. The van der Waals surface area contributed by atoms with Crippen molar-refractivity contribution in [2.24, 2.45) is 0 Å². The molecule has 0 aliphatic heterocycles. The lowest BCUT2D eigenvalue weighted by molar-refractivity contribution is 0.102. The van der Waals surface area contributed by atoms with Crippen LogP contribution in [-0.2, 0) is 0 Å². The molecule has 0 aliphatic carbocycles. The molecule has 0 saturated heterocycles. The van der Waals surface area contributed by atoms with E-state index in [1.807, 2.05) is 19.1 Å². The van der Waals surface area contributed by atoms with E-state index in [2.05, 4.69) is 42.2 Å². The number of carbonyl (C=O) groups excluding carboxylic acids is 1. The highest BCUT2D eigenvalue weighted by Gasteiger charge is 2.17. The van der Waals surface area contributed by atoms with Crippen molar-refractivity contribution < 1.29 is 4.79 Å². The molecular weight excluding hydrogens is 394 g/mol. The summed E-state index contributed by atoms with van der Waals surface area (Å²) in [7, 11) is 0. The standard InChI is InChI=1S/C12H11Br2N3OS/c1-5-3-7(13)9(8(14)4-5)17-11(18)10-6(2)16-12(15)19-10/h3-4H,1-2H3,(H2,15,16)(H,17,18). The fraction of sp³-hybridized carbons (Fsp3) is 0.167. The highest BCUT2D eigenvalue weighted by molar-refractivity contribution is 9.11. The number of hydrogen-bond donors (Lipinski definition) is 2. The molecule has 3 N–H and O–H groups in total. The number of nitrogens with two attached hydrogens (primary N) is 1. The van der Waals surface area contributed by atoms with Gasteiger partial charge in [0.25, 0.3) is 5.91 Å². The molecule has 1 heterocycles. The highest BCUT2D eigenvalue weighted by atomic mass is 79.9. The van der Waals surface area contributed by atoms with Gasteiger partial charge in [-0.25, -0.2) is 4.98 Å². The van der Waals surface area contributed by atoms with Crippen LogP contribution >= 0.6 is 43.2 Å². The van der Waals surface area contributed by atoms with Crippen LogP contribution < -0.4 is 11.1 Å². The Balaban J connectivity index is 2.32. The molecule has 2 aromatic rings. The lowest BCUT2D eigenvalue weighted by Crippen LogP contribution is -2.12. The Bertz CT molecular complexity index is 631. The fourth-order valence-corrected chi connectivity index (χ4v) is 3.96. The molecule has 1 aromatic carbocycles. The first kappa shape index (κ1) is 14.5. The van der Waals surface area contributed by atoms with E-state index in [1.165, 1.54) is 11.3 Å². The monoisotopic (exact) mass is 403 g/mol. The summed E-state index contributed by atoms with van der Waals surface area (Å²) < 4.78 is 1.64. The first-order chi connectivity index (χ1) is 8.88. The van der Waals surface area contributed by atoms with Crippen molar-refractivity contribution in [2.75, 3.05) is 11.1 Å². The summed E-state index contributed by atoms with van der Waals surface area (Å²) in [4.78, 5) is 16.8. The Morgan fingerprint density at radius 2 is 1.89 bits per heavy atom. The van der Waals surface area contributed by atoms with Crippen LogP contribution in [0, 0.1) is 13.8 Å². The molecule has 0 fully saturated rings. The predicted octanol–water partition coefficient (Wildman–Crippen LogP) is 4.12. The Morgan fingerprint density at radius 3 is 2.37 bits per heavy atom. The topological polar surface area (TPSA) is 68.0 Å². The van der Waals surface area contributed by atoms with Gasteiger partial charge in [-0.15, -0.1) is 0 Å². The zero-order chi connectivity index (χ0) is 14.2. The molecule has 0 aliphatic rings. The molecule has 0 unspecified atom stereocenters. The van der Waals surface area contributed by atoms with Crippen LogP contribution in [0.15, 0.2) is 21.1 Å². The lowest BCUT2D eigenvalue weighted by atomic mass is 10.2. The minimum absolute atomic E-state index is 0.211. The second-order valence-corrected chi connectivity index (χ2v) is 6.76. The number of rotatable bonds is 2. The number of carbonyl (C=O) groups is 1. The molecule has 0 radical (unpaired) electrons. The number of nitrogens with zero attached hydrogens (tertiary/aromatic N) is 1. The minimum atomic E-state index is -0.211. The zero-order valence-corrected chi connectivity index (χ0v) is 14.2. The van der Waals surface area contributed by atoms with Crippen molar-refractivity contribution in [3.05, 3.63) is 37.2 Å². The van der Waals surface area contributed by atoms with E-state index in [0.717, 1.165) is 14.5 Å². The Labute approximate surface area is 131 Å². The van der Waals surface area contributed by atoms with Gasteiger partial charge in [0.05, 0.1) is 11.4 Å². The van der Waals surface area contributed by atoms with Crippen molar-refractivity contribution in [3.8, 4) is 0 Å². The molecule has 1 aromatic heterocycles. The van der Waals surface area contributed by atoms with Crippen LogP contribution in [0.1, 0.15) is 20.9 Å². The van der Waals surface area contributed by atoms with Crippen LogP contribution in [0.2, 0.25) is 0 Å². The number of aromatic nitrogens is 1.